The Bertz CT molecular complexity index is 123. The van der Waals surface area contributed by atoms with Crippen molar-refractivity contribution >= 4 is 0 Å². The molecule has 0 aromatic rings. The Labute approximate surface area is 85.5 Å². The second-order valence-corrected chi connectivity index (χ2v) is 3.34. The van der Waals surface area contributed by atoms with Gasteiger partial charge in [0.2, 0.25) is 0 Å². The van der Waals surface area contributed by atoms with Crippen LogP contribution in [0.25, 0.3) is 0 Å². The number of rotatable bonds is 9. The first-order valence-corrected chi connectivity index (χ1v) is 4.96. The smallest absolute Gasteiger partial charge is 0.0897 e. The molecular formula is C9H22N2O3. The topological polar surface area (TPSA) is 73.8 Å². The largest absolute Gasteiger partial charge is 0.392 e. The maximum absolute atomic E-state index is 9.37. The molecule has 0 spiro atoms. The molecule has 5 heteroatoms. The summed E-state index contributed by atoms with van der Waals surface area (Å²) in [6.07, 6.45) is -0.891. The van der Waals surface area contributed by atoms with E-state index in [1.807, 2.05) is 7.05 Å². The molecule has 2 unspecified atom stereocenters. The van der Waals surface area contributed by atoms with Crippen LogP contribution in [0.5, 0.6) is 0 Å². The Morgan fingerprint density at radius 2 is 2.00 bits per heavy atom. The van der Waals surface area contributed by atoms with Crippen LogP contribution in [0.2, 0.25) is 0 Å². The van der Waals surface area contributed by atoms with Gasteiger partial charge >= 0.3 is 0 Å². The number of hydrogen-bond acceptors (Lipinski definition) is 5. The Balaban J connectivity index is 3.15. The molecule has 0 aliphatic carbocycles. The molecule has 0 aliphatic rings. The van der Waals surface area contributed by atoms with Crippen molar-refractivity contribution < 1.29 is 14.9 Å². The summed E-state index contributed by atoms with van der Waals surface area (Å²) in [6.45, 7) is 4.35. The van der Waals surface area contributed by atoms with Gasteiger partial charge in [0.1, 0.15) is 0 Å². The van der Waals surface area contributed by atoms with Gasteiger partial charge in [0, 0.05) is 19.6 Å². The number of nitrogens with one attached hydrogen (secondary N) is 2. The molecule has 5 nitrogen and oxygen atoms in total. The van der Waals surface area contributed by atoms with E-state index < -0.39 is 6.10 Å². The minimum absolute atomic E-state index is 0.328. The predicted octanol–water partition coefficient (Wildman–Crippen LogP) is -1.45. The third-order valence-corrected chi connectivity index (χ3v) is 1.63. The molecule has 0 bridgehead atoms. The fraction of sp³-hybridized carbons (Fsp3) is 1.00. The first-order chi connectivity index (χ1) is 6.66. The normalized spacial score (nSPS) is 15.4. The third-order valence-electron chi connectivity index (χ3n) is 1.63. The van der Waals surface area contributed by atoms with Crippen LogP contribution in [-0.4, -0.2) is 62.3 Å². The Morgan fingerprint density at radius 3 is 2.57 bits per heavy atom. The average molecular weight is 206 g/mol. The number of likely N-dealkylation sites (N-methyl/N-ethyl adjacent to an activating group) is 1. The Kier molecular flexibility index (Phi) is 9.23. The average Bonchev–Trinajstić information content (AvgIpc) is 2.12. The highest BCUT2D eigenvalue weighted by Gasteiger charge is 2.03. The molecule has 4 N–H and O–H groups in total. The highest BCUT2D eigenvalue weighted by atomic mass is 16.5. The quantitative estimate of drug-likeness (QED) is 0.348. The zero-order valence-electron chi connectivity index (χ0n) is 8.99. The summed E-state index contributed by atoms with van der Waals surface area (Å²) in [5, 5.41) is 24.2. The lowest BCUT2D eigenvalue weighted by Gasteiger charge is -2.13. The molecule has 0 amide bonds. The summed E-state index contributed by atoms with van der Waals surface area (Å²) in [5.74, 6) is 0. The second-order valence-electron chi connectivity index (χ2n) is 3.34. The van der Waals surface area contributed by atoms with Crippen molar-refractivity contribution in [1.29, 1.82) is 0 Å². The zero-order valence-corrected chi connectivity index (χ0v) is 8.99. The van der Waals surface area contributed by atoms with Gasteiger partial charge in [0.25, 0.3) is 0 Å². The van der Waals surface area contributed by atoms with Gasteiger partial charge in [-0.05, 0) is 14.0 Å². The number of ether oxygens (including phenoxy) is 1. The van der Waals surface area contributed by atoms with E-state index in [0.717, 1.165) is 6.54 Å². The molecule has 0 heterocycles. The fourth-order valence-electron chi connectivity index (χ4n) is 0.911. The molecule has 0 saturated carbocycles. The van der Waals surface area contributed by atoms with Crippen LogP contribution in [0, 0.1) is 0 Å². The van der Waals surface area contributed by atoms with Gasteiger partial charge in [-0.25, -0.2) is 0 Å². The molecule has 0 radical (unpaired) electrons. The van der Waals surface area contributed by atoms with Crippen LogP contribution in [-0.2, 0) is 4.74 Å². The van der Waals surface area contributed by atoms with E-state index in [1.54, 1.807) is 6.92 Å². The van der Waals surface area contributed by atoms with Gasteiger partial charge in [-0.1, -0.05) is 0 Å². The van der Waals surface area contributed by atoms with Crippen molar-refractivity contribution in [2.24, 2.45) is 0 Å². The minimum atomic E-state index is -0.509. The van der Waals surface area contributed by atoms with E-state index in [1.165, 1.54) is 0 Å². The molecule has 0 aromatic carbocycles. The van der Waals surface area contributed by atoms with E-state index in [4.69, 9.17) is 9.84 Å². The van der Waals surface area contributed by atoms with Crippen LogP contribution in [0.3, 0.4) is 0 Å². The highest BCUT2D eigenvalue weighted by molar-refractivity contribution is 4.60. The monoisotopic (exact) mass is 206 g/mol. The SMILES string of the molecule is CNCCOCC(O)CNCC(C)O. The van der Waals surface area contributed by atoms with Crippen molar-refractivity contribution in [2.75, 3.05) is 39.9 Å². The fourth-order valence-corrected chi connectivity index (χ4v) is 0.911. The number of hydrogen-bond donors (Lipinski definition) is 4. The Morgan fingerprint density at radius 1 is 1.29 bits per heavy atom. The van der Waals surface area contributed by atoms with Crippen molar-refractivity contribution in [3.8, 4) is 0 Å². The molecule has 0 aromatic heterocycles. The van der Waals surface area contributed by atoms with E-state index in [2.05, 4.69) is 10.6 Å². The predicted molar refractivity (Wildman–Crippen MR) is 55.3 cm³/mol. The molecule has 86 valence electrons. The van der Waals surface area contributed by atoms with Crippen LogP contribution >= 0.6 is 0 Å². The van der Waals surface area contributed by atoms with Crippen LogP contribution in [0.15, 0.2) is 0 Å². The van der Waals surface area contributed by atoms with E-state index in [9.17, 15) is 5.11 Å². The summed E-state index contributed by atoms with van der Waals surface area (Å²) < 4.78 is 5.18. The third kappa shape index (κ3) is 9.88. The van der Waals surface area contributed by atoms with Gasteiger partial charge in [-0.15, -0.1) is 0 Å². The summed E-state index contributed by atoms with van der Waals surface area (Å²) in [7, 11) is 1.85. The van der Waals surface area contributed by atoms with Crippen molar-refractivity contribution in [1.82, 2.24) is 10.6 Å². The Hall–Kier alpha value is -0.200. The van der Waals surface area contributed by atoms with Gasteiger partial charge in [-0.3, -0.25) is 0 Å². The number of aliphatic hydroxyl groups excluding tert-OH is 2. The molecule has 0 aliphatic heterocycles. The van der Waals surface area contributed by atoms with Crippen molar-refractivity contribution in [3.05, 3.63) is 0 Å². The molecule has 0 rings (SSSR count). The minimum Gasteiger partial charge on any atom is -0.392 e. The molecular weight excluding hydrogens is 184 g/mol. The van der Waals surface area contributed by atoms with Gasteiger partial charge in [0.15, 0.2) is 0 Å². The summed E-state index contributed by atoms with van der Waals surface area (Å²) in [5.41, 5.74) is 0. The van der Waals surface area contributed by atoms with E-state index >= 15 is 0 Å². The van der Waals surface area contributed by atoms with Crippen LogP contribution < -0.4 is 10.6 Å². The van der Waals surface area contributed by atoms with E-state index in [-0.39, 0.29) is 6.10 Å². The van der Waals surface area contributed by atoms with Gasteiger partial charge in [0.05, 0.1) is 25.4 Å². The van der Waals surface area contributed by atoms with Crippen molar-refractivity contribution in [3.63, 3.8) is 0 Å². The summed E-state index contributed by atoms with van der Waals surface area (Å²) in [4.78, 5) is 0. The van der Waals surface area contributed by atoms with Gasteiger partial charge in [-0.2, -0.15) is 0 Å². The number of aliphatic hydroxyl groups is 2. The molecule has 0 saturated heterocycles. The van der Waals surface area contributed by atoms with Crippen LogP contribution in [0.1, 0.15) is 6.92 Å². The maximum Gasteiger partial charge on any atom is 0.0897 e. The molecule has 0 fully saturated rings. The highest BCUT2D eigenvalue weighted by Crippen LogP contribution is 1.84. The lowest BCUT2D eigenvalue weighted by molar-refractivity contribution is 0.0373. The summed E-state index contributed by atoms with van der Waals surface area (Å²) >= 11 is 0. The molecule has 14 heavy (non-hydrogen) atoms. The zero-order chi connectivity index (χ0) is 10.8. The van der Waals surface area contributed by atoms with Gasteiger partial charge < -0.3 is 25.6 Å². The summed E-state index contributed by atoms with van der Waals surface area (Å²) in [6, 6.07) is 0. The first kappa shape index (κ1) is 13.8. The lowest BCUT2D eigenvalue weighted by atomic mass is 10.3. The molecule has 2 atom stereocenters. The first-order valence-electron chi connectivity index (χ1n) is 4.96. The van der Waals surface area contributed by atoms with Crippen LogP contribution in [0.4, 0.5) is 0 Å². The maximum atomic E-state index is 9.37. The van der Waals surface area contributed by atoms with Crippen molar-refractivity contribution in [2.45, 2.75) is 19.1 Å². The lowest BCUT2D eigenvalue weighted by Crippen LogP contribution is -2.34. The van der Waals surface area contributed by atoms with E-state index in [0.29, 0.717) is 26.3 Å². The standard InChI is InChI=1S/C9H22N2O3/c1-8(12)5-11-6-9(13)7-14-4-3-10-2/h8-13H,3-7H2,1-2H3. The second kappa shape index (κ2) is 9.36.